The van der Waals surface area contributed by atoms with E-state index in [-0.39, 0.29) is 17.6 Å². The number of aromatic nitrogens is 4. The van der Waals surface area contributed by atoms with Gasteiger partial charge in [-0.2, -0.15) is 0 Å². The molecule has 27 heavy (non-hydrogen) atoms. The molecule has 0 aliphatic carbocycles. The third-order valence-corrected chi connectivity index (χ3v) is 4.57. The third kappa shape index (κ3) is 5.15. The number of hydrogen-bond donors (Lipinski definition) is 1. The average Bonchev–Trinajstić information content (AvgIpc) is 2.68. The van der Waals surface area contributed by atoms with Gasteiger partial charge in [-0.05, 0) is 17.9 Å². The minimum Gasteiger partial charge on any atom is -0.437 e. The van der Waals surface area contributed by atoms with Gasteiger partial charge in [-0.15, -0.1) is 11.8 Å². The van der Waals surface area contributed by atoms with Gasteiger partial charge in [-0.1, -0.05) is 24.6 Å². The lowest BCUT2D eigenvalue weighted by atomic mass is 10.3. The third-order valence-electron chi connectivity index (χ3n) is 3.34. The highest BCUT2D eigenvalue weighted by Gasteiger charge is 2.16. The Labute approximate surface area is 165 Å². The van der Waals surface area contributed by atoms with Crippen LogP contribution in [0.25, 0.3) is 0 Å². The Kier molecular flexibility index (Phi) is 6.56. The lowest BCUT2D eigenvalue weighted by Gasteiger charge is -2.11. The number of halogens is 1. The summed E-state index contributed by atoms with van der Waals surface area (Å²) in [5.74, 6) is 1.43. The number of nitrogens with zero attached hydrogens (tertiary/aromatic N) is 4. The van der Waals surface area contributed by atoms with Crippen molar-refractivity contribution < 1.29 is 9.53 Å². The number of pyridine rings is 2. The predicted octanol–water partition coefficient (Wildman–Crippen LogP) is 3.75. The van der Waals surface area contributed by atoms with E-state index in [1.165, 1.54) is 30.4 Å². The molecule has 138 valence electrons. The van der Waals surface area contributed by atoms with Crippen LogP contribution in [0.4, 0.5) is 0 Å². The van der Waals surface area contributed by atoms with Crippen LogP contribution in [-0.2, 0) is 6.54 Å². The number of hydrogen-bond acceptors (Lipinski definition) is 7. The fourth-order valence-electron chi connectivity index (χ4n) is 2.16. The van der Waals surface area contributed by atoms with E-state index in [1.807, 2.05) is 13.0 Å². The molecule has 3 aromatic heterocycles. The molecule has 3 aromatic rings. The highest BCUT2D eigenvalue weighted by atomic mass is 35.5. The first-order valence-corrected chi connectivity index (χ1v) is 9.49. The van der Waals surface area contributed by atoms with Gasteiger partial charge in [0.15, 0.2) is 5.15 Å². The topological polar surface area (TPSA) is 89.9 Å². The summed E-state index contributed by atoms with van der Waals surface area (Å²) < 4.78 is 5.69. The lowest BCUT2D eigenvalue weighted by molar-refractivity contribution is 0.0942. The van der Waals surface area contributed by atoms with E-state index < -0.39 is 0 Å². The smallest absolute Gasteiger partial charge is 0.271 e. The maximum absolute atomic E-state index is 12.6. The van der Waals surface area contributed by atoms with E-state index >= 15 is 0 Å². The Morgan fingerprint density at radius 2 is 2.04 bits per heavy atom. The second-order valence-corrected chi connectivity index (χ2v) is 6.86. The zero-order chi connectivity index (χ0) is 19.1. The van der Waals surface area contributed by atoms with Gasteiger partial charge in [0.1, 0.15) is 11.4 Å². The Balaban J connectivity index is 1.75. The van der Waals surface area contributed by atoms with Crippen LogP contribution in [0.15, 0.2) is 53.9 Å². The first-order valence-electron chi connectivity index (χ1n) is 8.12. The van der Waals surface area contributed by atoms with Crippen molar-refractivity contribution in [3.63, 3.8) is 0 Å². The molecule has 3 rings (SSSR count). The maximum atomic E-state index is 12.6. The van der Waals surface area contributed by atoms with Crippen molar-refractivity contribution in [3.05, 3.63) is 65.6 Å². The van der Waals surface area contributed by atoms with Gasteiger partial charge >= 0.3 is 0 Å². The van der Waals surface area contributed by atoms with Crippen molar-refractivity contribution >= 4 is 29.3 Å². The summed E-state index contributed by atoms with van der Waals surface area (Å²) in [6, 6.07) is 7.16. The molecule has 0 aromatic carbocycles. The van der Waals surface area contributed by atoms with Crippen molar-refractivity contribution in [2.75, 3.05) is 5.75 Å². The largest absolute Gasteiger partial charge is 0.437 e. The van der Waals surface area contributed by atoms with Gasteiger partial charge < -0.3 is 10.1 Å². The van der Waals surface area contributed by atoms with Crippen molar-refractivity contribution in [3.8, 4) is 11.6 Å². The Bertz CT molecular complexity index is 927. The number of ether oxygens (including phenoxy) is 1. The number of amides is 1. The Hall–Kier alpha value is -2.71. The number of carbonyl (C=O) groups is 1. The van der Waals surface area contributed by atoms with E-state index in [2.05, 4.69) is 25.3 Å². The zero-order valence-electron chi connectivity index (χ0n) is 14.4. The van der Waals surface area contributed by atoms with Gasteiger partial charge in [0, 0.05) is 29.6 Å². The predicted molar refractivity (Wildman–Crippen MR) is 103 cm³/mol. The normalized spacial score (nSPS) is 10.4. The molecule has 0 unspecified atom stereocenters. The molecule has 1 amide bonds. The SMILES string of the molecule is CCSc1cc(Oc2ccccn2)cnc1C(=O)NCc1nccnc1Cl. The quantitative estimate of drug-likeness (QED) is 0.603. The van der Waals surface area contributed by atoms with E-state index in [0.29, 0.717) is 27.9 Å². The van der Waals surface area contributed by atoms with Crippen molar-refractivity contribution in [2.45, 2.75) is 18.4 Å². The van der Waals surface area contributed by atoms with Gasteiger partial charge in [0.05, 0.1) is 18.4 Å². The van der Waals surface area contributed by atoms with Gasteiger partial charge in [0.25, 0.3) is 5.91 Å². The molecular formula is C18H16ClN5O2S. The second-order valence-electron chi connectivity index (χ2n) is 5.20. The number of thioether (sulfide) groups is 1. The summed E-state index contributed by atoms with van der Waals surface area (Å²) in [4.78, 5) is 29.7. The van der Waals surface area contributed by atoms with Crippen LogP contribution in [0.5, 0.6) is 11.6 Å². The summed E-state index contributed by atoms with van der Waals surface area (Å²) in [5.41, 5.74) is 0.808. The van der Waals surface area contributed by atoms with Gasteiger partial charge in [0.2, 0.25) is 5.88 Å². The Morgan fingerprint density at radius 1 is 1.19 bits per heavy atom. The Morgan fingerprint density at radius 3 is 2.78 bits per heavy atom. The average molecular weight is 402 g/mol. The van der Waals surface area contributed by atoms with Crippen molar-refractivity contribution in [1.29, 1.82) is 0 Å². The number of rotatable bonds is 7. The van der Waals surface area contributed by atoms with E-state index in [0.717, 1.165) is 5.75 Å². The molecule has 1 N–H and O–H groups in total. The van der Waals surface area contributed by atoms with Crippen LogP contribution in [0.2, 0.25) is 5.15 Å². The fourth-order valence-corrected chi connectivity index (χ4v) is 3.13. The van der Waals surface area contributed by atoms with Crippen LogP contribution in [0.1, 0.15) is 23.1 Å². The fraction of sp³-hybridized carbons (Fsp3) is 0.167. The number of carbonyl (C=O) groups excluding carboxylic acids is 1. The molecule has 0 atom stereocenters. The van der Waals surface area contributed by atoms with Gasteiger partial charge in [-0.3, -0.25) is 9.78 Å². The first kappa shape index (κ1) is 19.1. The van der Waals surface area contributed by atoms with Gasteiger partial charge in [-0.25, -0.2) is 15.0 Å². The molecule has 0 radical (unpaired) electrons. The van der Waals surface area contributed by atoms with Crippen LogP contribution >= 0.6 is 23.4 Å². The molecule has 0 saturated carbocycles. The van der Waals surface area contributed by atoms with Crippen LogP contribution < -0.4 is 10.1 Å². The summed E-state index contributed by atoms with van der Waals surface area (Å²) in [6.07, 6.45) is 6.15. The lowest BCUT2D eigenvalue weighted by Crippen LogP contribution is -2.25. The number of nitrogens with one attached hydrogen (secondary N) is 1. The van der Waals surface area contributed by atoms with E-state index in [4.69, 9.17) is 16.3 Å². The standard InChI is InChI=1S/C18H16ClN5O2S/c1-2-27-14-9-12(26-15-5-3-4-6-21-15)10-23-16(14)18(25)24-11-13-17(19)22-8-7-20-13/h3-10H,2,11H2,1H3,(H,24,25). The summed E-state index contributed by atoms with van der Waals surface area (Å²) >= 11 is 7.47. The summed E-state index contributed by atoms with van der Waals surface area (Å²) in [6.45, 7) is 2.16. The minimum atomic E-state index is -0.322. The molecule has 0 aliphatic heterocycles. The molecule has 0 saturated heterocycles. The molecule has 0 spiro atoms. The van der Waals surface area contributed by atoms with Crippen molar-refractivity contribution in [2.24, 2.45) is 0 Å². The first-order chi connectivity index (χ1) is 13.2. The highest BCUT2D eigenvalue weighted by Crippen LogP contribution is 2.27. The van der Waals surface area contributed by atoms with Crippen LogP contribution in [0, 0.1) is 0 Å². The maximum Gasteiger partial charge on any atom is 0.271 e. The summed E-state index contributed by atoms with van der Waals surface area (Å²) in [7, 11) is 0. The van der Waals surface area contributed by atoms with Crippen molar-refractivity contribution in [1.82, 2.24) is 25.3 Å². The monoisotopic (exact) mass is 401 g/mol. The summed E-state index contributed by atoms with van der Waals surface area (Å²) in [5, 5.41) is 3.03. The highest BCUT2D eigenvalue weighted by molar-refractivity contribution is 7.99. The zero-order valence-corrected chi connectivity index (χ0v) is 16.0. The molecule has 0 fully saturated rings. The van der Waals surface area contributed by atoms with Crippen LogP contribution in [0.3, 0.4) is 0 Å². The molecule has 3 heterocycles. The second kappa shape index (κ2) is 9.29. The molecule has 0 bridgehead atoms. The minimum absolute atomic E-state index is 0.162. The van der Waals surface area contributed by atoms with Crippen LogP contribution in [-0.4, -0.2) is 31.6 Å². The molecule has 0 aliphatic rings. The van der Waals surface area contributed by atoms with E-state index in [1.54, 1.807) is 24.4 Å². The molecular weight excluding hydrogens is 386 g/mol. The molecule has 9 heteroatoms. The van der Waals surface area contributed by atoms with E-state index in [9.17, 15) is 4.79 Å². The molecule has 7 nitrogen and oxygen atoms in total.